The Labute approximate surface area is 226 Å². The number of allylic oxidation sites excluding steroid dienone is 2. The number of ether oxygens (including phenoxy) is 3. The van der Waals surface area contributed by atoms with Crippen LogP contribution in [-0.2, 0) is 4.79 Å². The summed E-state index contributed by atoms with van der Waals surface area (Å²) in [5.74, 6) is 2.60. The molecule has 0 aliphatic rings. The Morgan fingerprint density at radius 1 is 1.05 bits per heavy atom. The van der Waals surface area contributed by atoms with Gasteiger partial charge in [-0.2, -0.15) is 0 Å². The second-order valence-electron chi connectivity index (χ2n) is 9.44. The van der Waals surface area contributed by atoms with Crippen LogP contribution in [0.25, 0.3) is 10.9 Å². The number of nitrogens with zero attached hydrogens (tertiary/aromatic N) is 2. The molecule has 1 atom stereocenters. The van der Waals surface area contributed by atoms with E-state index in [1.54, 1.807) is 20.4 Å². The van der Waals surface area contributed by atoms with E-state index in [0.29, 0.717) is 35.2 Å². The minimum absolute atomic E-state index is 0.0336. The van der Waals surface area contributed by atoms with Crippen molar-refractivity contribution in [3.05, 3.63) is 72.5 Å². The number of amides is 1. The van der Waals surface area contributed by atoms with Crippen LogP contribution >= 0.6 is 0 Å². The average molecular weight is 518 g/mol. The predicted octanol–water partition coefficient (Wildman–Crippen LogP) is 6.85. The maximum absolute atomic E-state index is 13.3. The number of likely N-dealkylation sites (N-methyl/N-ethyl adjacent to an activating group) is 1. The molecule has 3 rings (SSSR count). The lowest BCUT2D eigenvalue weighted by atomic mass is 10.0. The SMILES string of the molecule is CC=CC(=CCC)CN(C)C(C(=O)Nc1ccc(Oc2ccnc3cc(OC)c(OC)cc23)cc1)C(C)C. The topological polar surface area (TPSA) is 72.9 Å². The molecule has 1 amide bonds. The zero-order valence-electron chi connectivity index (χ0n) is 23.4. The van der Waals surface area contributed by atoms with Gasteiger partial charge in [-0.3, -0.25) is 14.7 Å². The Morgan fingerprint density at radius 3 is 2.34 bits per heavy atom. The summed E-state index contributed by atoms with van der Waals surface area (Å²) < 4.78 is 17.0. The van der Waals surface area contributed by atoms with Crippen LogP contribution in [0.1, 0.15) is 34.1 Å². The second-order valence-corrected chi connectivity index (χ2v) is 9.44. The van der Waals surface area contributed by atoms with Crippen molar-refractivity contribution < 1.29 is 19.0 Å². The van der Waals surface area contributed by atoms with E-state index in [-0.39, 0.29) is 17.9 Å². The summed E-state index contributed by atoms with van der Waals surface area (Å²) in [6.45, 7) is 8.97. The number of nitrogens with one attached hydrogen (secondary N) is 1. The number of fused-ring (bicyclic) bond motifs is 1. The van der Waals surface area contributed by atoms with Crippen LogP contribution in [0.3, 0.4) is 0 Å². The number of carbonyl (C=O) groups excluding carboxylic acids is 1. The van der Waals surface area contributed by atoms with Crippen molar-refractivity contribution in [1.29, 1.82) is 0 Å². The molecule has 1 heterocycles. The molecular weight excluding hydrogens is 478 g/mol. The summed E-state index contributed by atoms with van der Waals surface area (Å²) in [4.78, 5) is 19.8. The van der Waals surface area contributed by atoms with Crippen molar-refractivity contribution in [2.45, 2.75) is 40.2 Å². The molecule has 1 N–H and O–H groups in total. The number of hydrogen-bond acceptors (Lipinski definition) is 6. The predicted molar refractivity (Wildman–Crippen MR) is 154 cm³/mol. The summed E-state index contributed by atoms with van der Waals surface area (Å²) in [5.41, 5.74) is 2.65. The molecule has 3 aromatic rings. The molecule has 1 aromatic heterocycles. The highest BCUT2D eigenvalue weighted by Crippen LogP contribution is 2.37. The number of aromatic nitrogens is 1. The first-order valence-electron chi connectivity index (χ1n) is 12.9. The second kappa shape index (κ2) is 13.6. The number of rotatable bonds is 12. The van der Waals surface area contributed by atoms with E-state index in [1.807, 2.05) is 62.5 Å². The number of methoxy groups -OCH3 is 2. The van der Waals surface area contributed by atoms with E-state index in [1.165, 1.54) is 5.57 Å². The van der Waals surface area contributed by atoms with E-state index in [0.717, 1.165) is 17.3 Å². The number of pyridine rings is 1. The summed E-state index contributed by atoms with van der Waals surface area (Å²) in [6.07, 6.45) is 8.98. The van der Waals surface area contributed by atoms with E-state index in [4.69, 9.17) is 14.2 Å². The number of carbonyl (C=O) groups is 1. The van der Waals surface area contributed by atoms with Crippen LogP contribution in [0.5, 0.6) is 23.0 Å². The van der Waals surface area contributed by atoms with Crippen molar-refractivity contribution in [3.63, 3.8) is 0 Å². The highest BCUT2D eigenvalue weighted by atomic mass is 16.5. The summed E-state index contributed by atoms with van der Waals surface area (Å²) in [7, 11) is 5.19. The lowest BCUT2D eigenvalue weighted by Gasteiger charge is -2.30. The van der Waals surface area contributed by atoms with Crippen LogP contribution in [0.2, 0.25) is 0 Å². The minimum atomic E-state index is -0.272. The molecule has 0 aliphatic heterocycles. The maximum atomic E-state index is 13.3. The van der Waals surface area contributed by atoms with Crippen molar-refractivity contribution in [3.8, 4) is 23.0 Å². The first-order chi connectivity index (χ1) is 18.3. The third-order valence-electron chi connectivity index (χ3n) is 6.21. The third kappa shape index (κ3) is 7.13. The van der Waals surface area contributed by atoms with Crippen LogP contribution in [0, 0.1) is 5.92 Å². The van der Waals surface area contributed by atoms with Crippen LogP contribution in [0.4, 0.5) is 5.69 Å². The standard InChI is InChI=1S/C31H39N3O4/c1-8-10-22(11-9-2)20-34(5)30(21(3)4)31(35)33-23-12-14-24(15-13-23)38-27-16-17-32-26-19-29(37-7)28(36-6)18-25(26)27/h8,10-19,21,30H,9,20H2,1-7H3,(H,33,35). The molecule has 7 nitrogen and oxygen atoms in total. The van der Waals surface area contributed by atoms with Crippen molar-refractivity contribution in [2.24, 2.45) is 5.92 Å². The maximum Gasteiger partial charge on any atom is 0.241 e. The quantitative estimate of drug-likeness (QED) is 0.265. The minimum Gasteiger partial charge on any atom is -0.493 e. The first-order valence-corrected chi connectivity index (χ1v) is 12.9. The molecule has 0 fully saturated rings. The van der Waals surface area contributed by atoms with Crippen molar-refractivity contribution >= 4 is 22.5 Å². The van der Waals surface area contributed by atoms with Crippen LogP contribution in [0.15, 0.2) is 72.5 Å². The van der Waals surface area contributed by atoms with E-state index < -0.39 is 0 Å². The summed E-state index contributed by atoms with van der Waals surface area (Å²) in [5, 5.41) is 3.88. The normalized spacial score (nSPS) is 12.8. The largest absolute Gasteiger partial charge is 0.493 e. The first kappa shape index (κ1) is 28.7. The molecule has 1 unspecified atom stereocenters. The Kier molecular flexibility index (Phi) is 10.3. The van der Waals surface area contributed by atoms with Gasteiger partial charge in [0.25, 0.3) is 0 Å². The van der Waals surface area contributed by atoms with Gasteiger partial charge in [0, 0.05) is 29.9 Å². The Balaban J connectivity index is 1.74. The molecular formula is C31H39N3O4. The van der Waals surface area contributed by atoms with Gasteiger partial charge in [0.15, 0.2) is 11.5 Å². The van der Waals surface area contributed by atoms with Crippen molar-refractivity contribution in [1.82, 2.24) is 9.88 Å². The van der Waals surface area contributed by atoms with Crippen LogP contribution in [-0.4, -0.2) is 49.6 Å². The molecule has 0 radical (unpaired) electrons. The molecule has 0 aliphatic carbocycles. The molecule has 2 aromatic carbocycles. The molecule has 7 heteroatoms. The summed E-state index contributed by atoms with van der Waals surface area (Å²) >= 11 is 0. The molecule has 0 bridgehead atoms. The molecule has 38 heavy (non-hydrogen) atoms. The monoisotopic (exact) mass is 517 g/mol. The van der Waals surface area contributed by atoms with Gasteiger partial charge in [0.05, 0.1) is 25.8 Å². The third-order valence-corrected chi connectivity index (χ3v) is 6.21. The zero-order valence-corrected chi connectivity index (χ0v) is 23.4. The Morgan fingerprint density at radius 2 is 1.74 bits per heavy atom. The fourth-order valence-electron chi connectivity index (χ4n) is 4.55. The number of anilines is 1. The average Bonchev–Trinajstić information content (AvgIpc) is 2.89. The van der Waals surface area contributed by atoms with Gasteiger partial charge in [-0.1, -0.05) is 39.0 Å². The van der Waals surface area contributed by atoms with Crippen LogP contribution < -0.4 is 19.5 Å². The van der Waals surface area contributed by atoms with Gasteiger partial charge in [-0.25, -0.2) is 0 Å². The number of hydrogen-bond donors (Lipinski definition) is 1. The Bertz CT molecular complexity index is 1280. The van der Waals surface area contributed by atoms with Gasteiger partial charge < -0.3 is 19.5 Å². The fourth-order valence-corrected chi connectivity index (χ4v) is 4.55. The smallest absolute Gasteiger partial charge is 0.241 e. The van der Waals surface area contributed by atoms with Gasteiger partial charge in [0.1, 0.15) is 11.5 Å². The van der Waals surface area contributed by atoms with E-state index in [9.17, 15) is 4.79 Å². The van der Waals surface area contributed by atoms with Gasteiger partial charge in [-0.05, 0) is 68.3 Å². The number of benzene rings is 2. The van der Waals surface area contributed by atoms with Crippen molar-refractivity contribution in [2.75, 3.05) is 33.1 Å². The lowest BCUT2D eigenvalue weighted by molar-refractivity contribution is -0.122. The Hall–Kier alpha value is -3.84. The molecule has 0 saturated heterocycles. The van der Waals surface area contributed by atoms with E-state index in [2.05, 4.69) is 48.1 Å². The fraction of sp³-hybridized carbons (Fsp3) is 0.355. The highest BCUT2D eigenvalue weighted by molar-refractivity contribution is 5.95. The van der Waals surface area contributed by atoms with Gasteiger partial charge in [-0.15, -0.1) is 0 Å². The van der Waals surface area contributed by atoms with Gasteiger partial charge in [0.2, 0.25) is 5.91 Å². The van der Waals surface area contributed by atoms with Gasteiger partial charge >= 0.3 is 0 Å². The molecule has 0 saturated carbocycles. The summed E-state index contributed by atoms with van der Waals surface area (Å²) in [6, 6.07) is 12.6. The van der Waals surface area contributed by atoms with E-state index >= 15 is 0 Å². The lowest BCUT2D eigenvalue weighted by Crippen LogP contribution is -2.46. The highest BCUT2D eigenvalue weighted by Gasteiger charge is 2.27. The molecule has 202 valence electrons. The molecule has 0 spiro atoms. The zero-order chi connectivity index (χ0) is 27.7.